The van der Waals surface area contributed by atoms with Gasteiger partial charge < -0.3 is 15.0 Å². The number of hydrogen-bond donors (Lipinski definition) is 1. The molecule has 2 heterocycles. The summed E-state index contributed by atoms with van der Waals surface area (Å²) in [6, 6.07) is 9.67. The Hall–Kier alpha value is -3.96. The summed E-state index contributed by atoms with van der Waals surface area (Å²) in [5, 5.41) is 13.7. The average Bonchev–Trinajstić information content (AvgIpc) is 3.24. The molecular weight excluding hydrogens is 441 g/mol. The highest BCUT2D eigenvalue weighted by Gasteiger charge is 2.41. The van der Waals surface area contributed by atoms with Crippen LogP contribution in [0.3, 0.4) is 0 Å². The number of rotatable bonds is 7. The number of carbonyl (C=O) groups is 2. The molecule has 174 valence electrons. The third kappa shape index (κ3) is 5.27. The average molecular weight is 462 g/mol. The minimum Gasteiger partial charge on any atom is -0.480 e. The van der Waals surface area contributed by atoms with Gasteiger partial charge in [-0.3, -0.25) is 9.59 Å². The summed E-state index contributed by atoms with van der Waals surface area (Å²) < 4.78 is 46.9. The van der Waals surface area contributed by atoms with Crippen LogP contribution in [-0.2, 0) is 17.4 Å². The van der Waals surface area contributed by atoms with Crippen LogP contribution in [0.25, 0.3) is 5.82 Å². The van der Waals surface area contributed by atoms with Gasteiger partial charge in [0.1, 0.15) is 0 Å². The molecule has 0 saturated carbocycles. The van der Waals surface area contributed by atoms with Gasteiger partial charge in [-0.2, -0.15) is 18.3 Å². The van der Waals surface area contributed by atoms with Crippen LogP contribution in [0, 0.1) is 0 Å². The van der Waals surface area contributed by atoms with Crippen LogP contribution in [0.4, 0.5) is 18.9 Å². The number of alkyl halides is 3. The second kappa shape index (κ2) is 9.67. The number of halogens is 3. The van der Waals surface area contributed by atoms with Crippen molar-refractivity contribution < 1.29 is 27.5 Å². The van der Waals surface area contributed by atoms with Crippen molar-refractivity contribution >= 4 is 17.5 Å². The molecule has 0 atom stereocenters. The van der Waals surface area contributed by atoms with Crippen LogP contribution >= 0.6 is 0 Å². The fourth-order valence-corrected chi connectivity index (χ4v) is 3.12. The standard InChI is InChI=1S/C21H21F3N6O3/c1-4-13-7-5-6-8-15(13)26-17(31)12-29(2)20(32)14-11-25-30(19(14)21(22,23)24)16-9-10-18(33-3)28-27-16/h5-11H,4,12H2,1-3H3,(H,26,31). The van der Waals surface area contributed by atoms with Gasteiger partial charge in [-0.05, 0) is 24.1 Å². The molecule has 0 aliphatic heterocycles. The molecule has 0 unspecified atom stereocenters. The van der Waals surface area contributed by atoms with E-state index in [0.29, 0.717) is 16.8 Å². The molecule has 1 N–H and O–H groups in total. The van der Waals surface area contributed by atoms with Crippen LogP contribution in [0.15, 0.2) is 42.6 Å². The lowest BCUT2D eigenvalue weighted by atomic mass is 10.1. The Morgan fingerprint density at radius 3 is 2.48 bits per heavy atom. The lowest BCUT2D eigenvalue weighted by Crippen LogP contribution is -2.36. The molecule has 33 heavy (non-hydrogen) atoms. The fourth-order valence-electron chi connectivity index (χ4n) is 3.12. The third-order valence-corrected chi connectivity index (χ3v) is 4.72. The number of methoxy groups -OCH3 is 1. The molecule has 1 aromatic carbocycles. The number of likely N-dealkylation sites (N-methyl/N-ethyl adjacent to an activating group) is 1. The zero-order valence-electron chi connectivity index (χ0n) is 18.1. The normalized spacial score (nSPS) is 11.2. The maximum atomic E-state index is 13.8. The number of hydrogen-bond acceptors (Lipinski definition) is 6. The van der Waals surface area contributed by atoms with Gasteiger partial charge in [0.25, 0.3) is 5.91 Å². The number of para-hydroxylation sites is 1. The van der Waals surface area contributed by atoms with E-state index in [1.54, 1.807) is 12.1 Å². The van der Waals surface area contributed by atoms with Gasteiger partial charge >= 0.3 is 6.18 Å². The Bertz CT molecular complexity index is 1140. The summed E-state index contributed by atoms with van der Waals surface area (Å²) in [7, 11) is 2.57. The van der Waals surface area contributed by atoms with Crippen LogP contribution in [0.5, 0.6) is 5.88 Å². The lowest BCUT2D eigenvalue weighted by Gasteiger charge is -2.18. The smallest absolute Gasteiger partial charge is 0.434 e. The number of aromatic nitrogens is 4. The van der Waals surface area contributed by atoms with Gasteiger partial charge in [0.2, 0.25) is 11.8 Å². The van der Waals surface area contributed by atoms with Gasteiger partial charge in [-0.1, -0.05) is 25.1 Å². The highest BCUT2D eigenvalue weighted by Crippen LogP contribution is 2.33. The molecule has 0 radical (unpaired) electrons. The van der Waals surface area contributed by atoms with E-state index in [4.69, 9.17) is 4.74 Å². The molecule has 3 rings (SSSR count). The quantitative estimate of drug-likeness (QED) is 0.579. The Balaban J connectivity index is 1.83. The molecule has 0 aliphatic carbocycles. The molecule has 9 nitrogen and oxygen atoms in total. The number of nitrogens with zero attached hydrogens (tertiary/aromatic N) is 5. The zero-order valence-corrected chi connectivity index (χ0v) is 18.1. The zero-order chi connectivity index (χ0) is 24.2. The SMILES string of the molecule is CCc1ccccc1NC(=O)CN(C)C(=O)c1cnn(-c2ccc(OC)nn2)c1C(F)(F)F. The molecule has 2 aromatic heterocycles. The third-order valence-electron chi connectivity index (χ3n) is 4.72. The van der Waals surface area contributed by atoms with Crippen molar-refractivity contribution in [3.63, 3.8) is 0 Å². The van der Waals surface area contributed by atoms with E-state index in [1.165, 1.54) is 26.3 Å². The molecule has 0 saturated heterocycles. The molecular formula is C21H21F3N6O3. The van der Waals surface area contributed by atoms with E-state index >= 15 is 0 Å². The van der Waals surface area contributed by atoms with Crippen molar-refractivity contribution in [2.75, 3.05) is 26.0 Å². The summed E-state index contributed by atoms with van der Waals surface area (Å²) in [5.74, 6) is -1.72. The Morgan fingerprint density at radius 1 is 1.15 bits per heavy atom. The maximum Gasteiger partial charge on any atom is 0.434 e. The van der Waals surface area contributed by atoms with Crippen LogP contribution in [0.1, 0.15) is 28.5 Å². The molecule has 0 spiro atoms. The van der Waals surface area contributed by atoms with E-state index in [0.717, 1.165) is 16.7 Å². The lowest BCUT2D eigenvalue weighted by molar-refractivity contribution is -0.143. The molecule has 0 aliphatic rings. The van der Waals surface area contributed by atoms with Crippen LogP contribution in [0.2, 0.25) is 0 Å². The van der Waals surface area contributed by atoms with Crippen molar-refractivity contribution in [3.05, 3.63) is 59.4 Å². The van der Waals surface area contributed by atoms with Crippen LogP contribution in [-0.4, -0.2) is 57.4 Å². The number of aryl methyl sites for hydroxylation is 1. The van der Waals surface area contributed by atoms with Gasteiger partial charge in [-0.25, -0.2) is 4.68 Å². The van der Waals surface area contributed by atoms with E-state index in [9.17, 15) is 22.8 Å². The van der Waals surface area contributed by atoms with E-state index in [-0.39, 0.29) is 11.7 Å². The molecule has 2 amide bonds. The molecule has 3 aromatic rings. The van der Waals surface area contributed by atoms with Crippen molar-refractivity contribution in [1.29, 1.82) is 0 Å². The van der Waals surface area contributed by atoms with Crippen molar-refractivity contribution in [1.82, 2.24) is 24.9 Å². The van der Waals surface area contributed by atoms with Crippen LogP contribution < -0.4 is 10.1 Å². The predicted octanol–water partition coefficient (Wildman–Crippen LogP) is 2.96. The fraction of sp³-hybridized carbons (Fsp3) is 0.286. The molecule has 0 bridgehead atoms. The monoisotopic (exact) mass is 462 g/mol. The minimum atomic E-state index is -4.92. The number of anilines is 1. The highest BCUT2D eigenvalue weighted by atomic mass is 19.4. The number of ether oxygens (including phenoxy) is 1. The second-order valence-electron chi connectivity index (χ2n) is 6.97. The maximum absolute atomic E-state index is 13.8. The van der Waals surface area contributed by atoms with E-state index in [1.807, 2.05) is 19.1 Å². The Kier molecular flexibility index (Phi) is 6.95. The minimum absolute atomic E-state index is 0.103. The van der Waals surface area contributed by atoms with Crippen molar-refractivity contribution in [2.24, 2.45) is 0 Å². The highest BCUT2D eigenvalue weighted by molar-refractivity contribution is 6.00. The summed E-state index contributed by atoms with van der Waals surface area (Å²) in [5.41, 5.74) is -0.575. The van der Waals surface area contributed by atoms with Gasteiger partial charge in [0.15, 0.2) is 11.5 Å². The number of benzene rings is 1. The first-order valence-electron chi connectivity index (χ1n) is 9.82. The Labute approximate surface area is 187 Å². The number of amides is 2. The Morgan fingerprint density at radius 2 is 1.88 bits per heavy atom. The largest absolute Gasteiger partial charge is 0.480 e. The van der Waals surface area contributed by atoms with Gasteiger partial charge in [0.05, 0.1) is 25.4 Å². The van der Waals surface area contributed by atoms with Gasteiger partial charge in [0, 0.05) is 18.8 Å². The first-order valence-corrected chi connectivity index (χ1v) is 9.82. The van der Waals surface area contributed by atoms with E-state index < -0.39 is 35.8 Å². The van der Waals surface area contributed by atoms with Crippen molar-refractivity contribution in [3.8, 4) is 11.7 Å². The second-order valence-corrected chi connectivity index (χ2v) is 6.97. The summed E-state index contributed by atoms with van der Waals surface area (Å²) >= 11 is 0. The van der Waals surface area contributed by atoms with Gasteiger partial charge in [-0.15, -0.1) is 10.2 Å². The predicted molar refractivity (Wildman–Crippen MR) is 112 cm³/mol. The molecule has 12 heteroatoms. The summed E-state index contributed by atoms with van der Waals surface area (Å²) in [6.45, 7) is 1.46. The number of carbonyl (C=O) groups excluding carboxylic acids is 2. The van der Waals surface area contributed by atoms with E-state index in [2.05, 4.69) is 20.6 Å². The first kappa shape index (κ1) is 23.7. The van der Waals surface area contributed by atoms with Crippen molar-refractivity contribution in [2.45, 2.75) is 19.5 Å². The molecule has 0 fully saturated rings. The summed E-state index contributed by atoms with van der Waals surface area (Å²) in [4.78, 5) is 26.1. The topological polar surface area (TPSA) is 102 Å². The number of nitrogens with one attached hydrogen (secondary N) is 1. The first-order chi connectivity index (χ1) is 15.7. The summed E-state index contributed by atoms with van der Waals surface area (Å²) in [6.07, 6.45) is -3.46.